The molecule has 8 heteroatoms. The van der Waals surface area contributed by atoms with Gasteiger partial charge in [-0.05, 0) is 43.6 Å². The number of ether oxygens (including phenoxy) is 1. The summed E-state index contributed by atoms with van der Waals surface area (Å²) >= 11 is 0. The van der Waals surface area contributed by atoms with Crippen LogP contribution in [0.4, 0.5) is 5.69 Å². The first kappa shape index (κ1) is 15.4. The Balaban J connectivity index is 2.15. The summed E-state index contributed by atoms with van der Waals surface area (Å²) in [5.41, 5.74) is -0.999. The van der Waals surface area contributed by atoms with Crippen molar-refractivity contribution < 1.29 is 14.4 Å². The first-order valence-corrected chi connectivity index (χ1v) is 7.21. The molecule has 120 valence electrons. The zero-order chi connectivity index (χ0) is 17.0. The van der Waals surface area contributed by atoms with Gasteiger partial charge in [-0.2, -0.15) is 0 Å². The smallest absolute Gasteiger partial charge is 0.358 e. The number of nitro benzene ring substituents is 1. The average Bonchev–Trinajstić information content (AvgIpc) is 2.64. The van der Waals surface area contributed by atoms with Gasteiger partial charge in [0.2, 0.25) is 6.04 Å². The molecule has 1 aromatic rings. The minimum Gasteiger partial charge on any atom is -0.358 e. The van der Waals surface area contributed by atoms with Gasteiger partial charge in [-0.3, -0.25) is 10.1 Å². The Labute approximate surface area is 132 Å². The highest BCUT2D eigenvalue weighted by atomic mass is 16.6. The summed E-state index contributed by atoms with van der Waals surface area (Å²) in [6.45, 7) is 7.25. The van der Waals surface area contributed by atoms with Gasteiger partial charge in [0.25, 0.3) is 5.69 Å². The van der Waals surface area contributed by atoms with E-state index in [-0.39, 0.29) is 17.1 Å². The maximum Gasteiger partial charge on any atom is 0.403 e. The van der Waals surface area contributed by atoms with Gasteiger partial charge in [0.05, 0.1) is 10.0 Å². The van der Waals surface area contributed by atoms with E-state index in [0.717, 1.165) is 0 Å². The second-order valence-electron chi connectivity index (χ2n) is 6.63. The summed E-state index contributed by atoms with van der Waals surface area (Å²) in [4.78, 5) is 23.6. The van der Waals surface area contributed by atoms with Crippen molar-refractivity contribution in [1.29, 1.82) is 0 Å². The Morgan fingerprint density at radius 1 is 1.22 bits per heavy atom. The Hall–Kier alpha value is -2.48. The monoisotopic (exact) mass is 317 g/mol. The van der Waals surface area contributed by atoms with Crippen LogP contribution in [0.25, 0.3) is 0 Å². The van der Waals surface area contributed by atoms with Crippen LogP contribution in [-0.4, -0.2) is 38.5 Å². The normalized spacial score (nSPS) is 24.7. The van der Waals surface area contributed by atoms with Crippen molar-refractivity contribution in [3.63, 3.8) is 0 Å². The summed E-state index contributed by atoms with van der Waals surface area (Å²) in [5.74, 6) is -0.0691. The largest absolute Gasteiger partial charge is 0.403 e. The Bertz CT molecular complexity index is 779. The second-order valence-corrected chi connectivity index (χ2v) is 6.63. The highest BCUT2D eigenvalue weighted by Crippen LogP contribution is 2.39. The molecule has 0 radical (unpaired) electrons. The average molecular weight is 317 g/mol. The maximum atomic E-state index is 12.9. The number of benzene rings is 1. The van der Waals surface area contributed by atoms with Crippen LogP contribution in [0.1, 0.15) is 33.3 Å². The lowest BCUT2D eigenvalue weighted by Gasteiger charge is -2.23. The molecule has 3 rings (SSSR count). The fraction of sp³-hybridized carbons (Fsp3) is 0.467. The van der Waals surface area contributed by atoms with Crippen LogP contribution < -0.4 is 0 Å². The van der Waals surface area contributed by atoms with E-state index in [9.17, 15) is 15.0 Å². The molecule has 1 fully saturated rings. The molecule has 0 aromatic heterocycles. The summed E-state index contributed by atoms with van der Waals surface area (Å²) in [7, 11) is 0. The molecule has 8 nitrogen and oxygen atoms in total. The van der Waals surface area contributed by atoms with Crippen LogP contribution in [0.15, 0.2) is 34.5 Å². The van der Waals surface area contributed by atoms with Gasteiger partial charge >= 0.3 is 5.84 Å². The fourth-order valence-electron chi connectivity index (χ4n) is 3.25. The third-order valence-electron chi connectivity index (χ3n) is 4.09. The third-order valence-corrected chi connectivity index (χ3v) is 4.09. The van der Waals surface area contributed by atoms with E-state index in [2.05, 4.69) is 10.2 Å². The van der Waals surface area contributed by atoms with E-state index in [1.54, 1.807) is 26.0 Å². The van der Waals surface area contributed by atoms with Gasteiger partial charge in [0.1, 0.15) is 16.9 Å². The van der Waals surface area contributed by atoms with Gasteiger partial charge in [-0.25, -0.2) is 0 Å². The van der Waals surface area contributed by atoms with Gasteiger partial charge in [0, 0.05) is 6.07 Å². The van der Waals surface area contributed by atoms with Gasteiger partial charge in [-0.15, -0.1) is 0 Å². The second kappa shape index (κ2) is 4.76. The van der Waals surface area contributed by atoms with Crippen LogP contribution in [0, 0.1) is 15.0 Å². The van der Waals surface area contributed by atoms with Crippen LogP contribution in [-0.2, 0) is 4.74 Å². The zero-order valence-electron chi connectivity index (χ0n) is 13.3. The molecule has 0 saturated carbocycles. The zero-order valence-corrected chi connectivity index (χ0v) is 13.3. The van der Waals surface area contributed by atoms with Crippen molar-refractivity contribution >= 4 is 17.2 Å². The fourth-order valence-corrected chi connectivity index (χ4v) is 3.25. The number of fused-ring (bicyclic) bond motifs is 1. The van der Waals surface area contributed by atoms with Gasteiger partial charge in [0.15, 0.2) is 5.56 Å². The van der Waals surface area contributed by atoms with Crippen LogP contribution in [0.3, 0.4) is 0 Å². The topological polar surface area (TPSA) is 97.2 Å². The van der Waals surface area contributed by atoms with Crippen LogP contribution in [0.2, 0.25) is 0 Å². The van der Waals surface area contributed by atoms with E-state index in [1.807, 2.05) is 13.8 Å². The number of hydrogen-bond donors (Lipinski definition) is 0. The lowest BCUT2D eigenvalue weighted by molar-refractivity contribution is -0.475. The first-order chi connectivity index (χ1) is 10.6. The van der Waals surface area contributed by atoms with Crippen molar-refractivity contribution in [2.75, 3.05) is 0 Å². The van der Waals surface area contributed by atoms with E-state index in [1.165, 1.54) is 12.1 Å². The van der Waals surface area contributed by atoms with Crippen molar-refractivity contribution in [2.45, 2.75) is 44.9 Å². The molecule has 0 bridgehead atoms. The molecule has 1 atom stereocenters. The number of nitrogens with zero attached hydrogens (tertiary/aromatic N) is 4. The van der Waals surface area contributed by atoms with Crippen molar-refractivity contribution in [2.24, 2.45) is 10.2 Å². The Morgan fingerprint density at radius 3 is 2.52 bits per heavy atom. The van der Waals surface area contributed by atoms with Crippen LogP contribution >= 0.6 is 0 Å². The van der Waals surface area contributed by atoms with Crippen molar-refractivity contribution in [3.05, 3.63) is 44.9 Å². The molecule has 2 aliphatic rings. The summed E-state index contributed by atoms with van der Waals surface area (Å²) in [6.07, 6.45) is 0. The molecule has 0 N–H and O–H groups in total. The van der Waals surface area contributed by atoms with E-state index >= 15 is 0 Å². The molecular formula is C15H17N4O4+. The van der Waals surface area contributed by atoms with Crippen molar-refractivity contribution in [1.82, 2.24) is 0 Å². The predicted octanol–water partition coefficient (Wildman–Crippen LogP) is 2.45. The number of nitroso groups, excluding NO2 is 1. The van der Waals surface area contributed by atoms with Crippen molar-refractivity contribution in [3.8, 4) is 0 Å². The molecule has 2 heterocycles. The highest BCUT2D eigenvalue weighted by molar-refractivity contribution is 6.04. The molecule has 2 aliphatic heterocycles. The first-order valence-electron chi connectivity index (χ1n) is 7.21. The van der Waals surface area contributed by atoms with E-state index in [0.29, 0.717) is 10.5 Å². The number of hydrogen-bond acceptors (Lipinski definition) is 6. The summed E-state index contributed by atoms with van der Waals surface area (Å²) in [5, 5.41) is 19.3. The standard InChI is InChI=1S/C15H17N4O4/c1-14(2)11-12(15(3,4)23-14)18(20)13(17-16-11)9-7-5-6-8-10(9)19(21)22/h5-8,12H,1-4H3/q+1. The van der Waals surface area contributed by atoms with Gasteiger partial charge in [-0.1, -0.05) is 17.0 Å². The minimum absolute atomic E-state index is 0.0691. The van der Waals surface area contributed by atoms with E-state index in [4.69, 9.17) is 4.74 Å². The van der Waals surface area contributed by atoms with E-state index < -0.39 is 22.2 Å². The molecular weight excluding hydrogens is 300 g/mol. The maximum absolute atomic E-state index is 12.9. The van der Waals surface area contributed by atoms with Gasteiger partial charge < -0.3 is 4.74 Å². The van der Waals surface area contributed by atoms with Crippen LogP contribution in [0.5, 0.6) is 0 Å². The lowest BCUT2D eigenvalue weighted by atomic mass is 9.91. The summed E-state index contributed by atoms with van der Waals surface area (Å²) < 4.78 is 6.62. The Kier molecular flexibility index (Phi) is 3.19. The number of nitro groups is 1. The lowest BCUT2D eigenvalue weighted by Crippen LogP contribution is -2.49. The predicted molar refractivity (Wildman–Crippen MR) is 83.7 cm³/mol. The molecule has 0 spiro atoms. The number of para-hydroxylation sites is 1. The Morgan fingerprint density at radius 2 is 1.87 bits per heavy atom. The molecule has 1 unspecified atom stereocenters. The minimum atomic E-state index is -0.783. The molecule has 1 saturated heterocycles. The molecule has 23 heavy (non-hydrogen) atoms. The number of amidine groups is 1. The SMILES string of the molecule is CC1(C)OC(C)(C)C2C1=NN=C(c1ccccc1[N+](=O)[O-])[N+]2=O. The molecule has 1 aromatic carbocycles. The highest BCUT2D eigenvalue weighted by Gasteiger charge is 2.61. The number of rotatable bonds is 2. The molecule has 0 amide bonds. The third kappa shape index (κ3) is 2.26. The quantitative estimate of drug-likeness (QED) is 0.475. The summed E-state index contributed by atoms with van der Waals surface area (Å²) in [6, 6.07) is 5.32. The molecule has 0 aliphatic carbocycles.